The molecule has 0 bridgehead atoms. The molecule has 0 spiro atoms. The van der Waals surface area contributed by atoms with E-state index in [1.807, 2.05) is 0 Å². The van der Waals surface area contributed by atoms with Gasteiger partial charge in [-0.3, -0.25) is 9.59 Å². The minimum Gasteiger partial charge on any atom is -0.481 e. The Morgan fingerprint density at radius 3 is 2.68 bits per heavy atom. The number of ether oxygens (including phenoxy) is 1. The largest absolute Gasteiger partial charge is 0.481 e. The molecule has 25 heavy (non-hydrogen) atoms. The van der Waals surface area contributed by atoms with Crippen molar-refractivity contribution >= 4 is 23.5 Å². The lowest BCUT2D eigenvalue weighted by atomic mass is 9.78. The predicted octanol–water partition coefficient (Wildman–Crippen LogP) is 3.10. The van der Waals surface area contributed by atoms with Crippen molar-refractivity contribution in [3.05, 3.63) is 34.6 Å². The first kappa shape index (κ1) is 19.7. The molecule has 1 N–H and O–H groups in total. The lowest BCUT2D eigenvalue weighted by molar-refractivity contribution is -0.160. The van der Waals surface area contributed by atoms with Gasteiger partial charge in [0.15, 0.2) is 0 Å². The summed E-state index contributed by atoms with van der Waals surface area (Å²) in [5.74, 6) is -1.85. The molecular weight excluding hydrogens is 349 g/mol. The Kier molecular flexibility index (Phi) is 5.74. The molecule has 0 saturated carbocycles. The summed E-state index contributed by atoms with van der Waals surface area (Å²) in [5, 5.41) is 9.88. The number of hydrogen-bond acceptors (Lipinski definition) is 3. The predicted molar refractivity (Wildman–Crippen MR) is 92.2 cm³/mol. The number of carboxylic acids is 1. The number of carboxylic acid groups (broad SMARTS) is 1. The number of carbonyl (C=O) groups excluding carboxylic acids is 1. The highest BCUT2D eigenvalue weighted by Crippen LogP contribution is 2.35. The Bertz CT molecular complexity index is 675. The molecule has 138 valence electrons. The van der Waals surface area contributed by atoms with Gasteiger partial charge in [-0.25, -0.2) is 4.39 Å². The van der Waals surface area contributed by atoms with Gasteiger partial charge in [-0.05, 0) is 38.8 Å². The van der Waals surface area contributed by atoms with E-state index < -0.39 is 22.6 Å². The number of methoxy groups -OCH3 is 1. The van der Waals surface area contributed by atoms with Crippen LogP contribution in [-0.4, -0.2) is 48.7 Å². The van der Waals surface area contributed by atoms with Gasteiger partial charge in [-0.2, -0.15) is 0 Å². The van der Waals surface area contributed by atoms with Crippen LogP contribution in [0.15, 0.2) is 18.2 Å². The molecule has 0 radical (unpaired) electrons. The quantitative estimate of drug-likeness (QED) is 0.863. The molecule has 1 aromatic carbocycles. The highest BCUT2D eigenvalue weighted by atomic mass is 35.5. The summed E-state index contributed by atoms with van der Waals surface area (Å²) in [7, 11) is 1.44. The fourth-order valence-corrected chi connectivity index (χ4v) is 3.60. The monoisotopic (exact) mass is 371 g/mol. The SMILES string of the molecule is COCC1(C(=O)O)CCCN(C(=O)C(C)(C)c2ccc(Cl)cc2F)C1. The molecule has 2 rings (SSSR count). The van der Waals surface area contributed by atoms with E-state index in [4.69, 9.17) is 16.3 Å². The maximum absolute atomic E-state index is 14.3. The summed E-state index contributed by atoms with van der Waals surface area (Å²) in [6.07, 6.45) is 0.996. The van der Waals surface area contributed by atoms with Crippen molar-refractivity contribution in [1.29, 1.82) is 0 Å². The molecule has 1 amide bonds. The number of nitrogens with zero attached hydrogens (tertiary/aromatic N) is 1. The normalized spacial score (nSPS) is 21.2. The second kappa shape index (κ2) is 7.30. The van der Waals surface area contributed by atoms with Crippen LogP contribution in [0.25, 0.3) is 0 Å². The molecule has 1 fully saturated rings. The molecule has 0 aromatic heterocycles. The Morgan fingerprint density at radius 2 is 2.12 bits per heavy atom. The van der Waals surface area contributed by atoms with Gasteiger partial charge in [0.1, 0.15) is 11.2 Å². The van der Waals surface area contributed by atoms with E-state index in [1.54, 1.807) is 13.8 Å². The Morgan fingerprint density at radius 1 is 1.44 bits per heavy atom. The first-order chi connectivity index (χ1) is 11.6. The van der Waals surface area contributed by atoms with Gasteiger partial charge < -0.3 is 14.7 Å². The third-order valence-corrected chi connectivity index (χ3v) is 5.11. The Hall–Kier alpha value is -1.66. The second-order valence-electron chi connectivity index (χ2n) is 7.10. The minimum absolute atomic E-state index is 0.0296. The van der Waals surface area contributed by atoms with Crippen molar-refractivity contribution in [3.8, 4) is 0 Å². The summed E-state index contributed by atoms with van der Waals surface area (Å²) in [5.41, 5.74) is -2.03. The fraction of sp³-hybridized carbons (Fsp3) is 0.556. The van der Waals surface area contributed by atoms with Crippen LogP contribution in [0.2, 0.25) is 5.02 Å². The average molecular weight is 372 g/mol. The van der Waals surface area contributed by atoms with Gasteiger partial charge >= 0.3 is 5.97 Å². The van der Waals surface area contributed by atoms with E-state index in [1.165, 1.54) is 30.2 Å². The van der Waals surface area contributed by atoms with Crippen LogP contribution < -0.4 is 0 Å². The number of amides is 1. The van der Waals surface area contributed by atoms with Gasteiger partial charge in [0.05, 0.1) is 12.0 Å². The standard InChI is InChI=1S/C18H23ClFNO4/c1-17(2,13-6-5-12(19)9-14(13)20)15(22)21-8-4-7-18(10-21,11-25-3)16(23)24/h5-6,9H,4,7-8,10-11H2,1-3H3,(H,23,24). The number of piperidine rings is 1. The summed E-state index contributed by atoms with van der Waals surface area (Å²) >= 11 is 5.79. The Labute approximate surface area is 151 Å². The van der Waals surface area contributed by atoms with Crippen molar-refractivity contribution in [2.24, 2.45) is 5.41 Å². The molecule has 1 heterocycles. The van der Waals surface area contributed by atoms with Gasteiger partial charge in [0, 0.05) is 30.8 Å². The number of likely N-dealkylation sites (tertiary alicyclic amines) is 1. The van der Waals surface area contributed by atoms with E-state index in [2.05, 4.69) is 0 Å². The summed E-state index contributed by atoms with van der Waals surface area (Å²) < 4.78 is 19.4. The van der Waals surface area contributed by atoms with Crippen molar-refractivity contribution in [2.75, 3.05) is 26.8 Å². The van der Waals surface area contributed by atoms with E-state index in [-0.39, 0.29) is 29.6 Å². The van der Waals surface area contributed by atoms with Crippen LogP contribution in [0.4, 0.5) is 4.39 Å². The molecule has 1 unspecified atom stereocenters. The molecule has 5 nitrogen and oxygen atoms in total. The summed E-state index contributed by atoms with van der Waals surface area (Å²) in [6.45, 7) is 3.79. The number of benzene rings is 1. The van der Waals surface area contributed by atoms with Gasteiger partial charge in [0.25, 0.3) is 0 Å². The van der Waals surface area contributed by atoms with Crippen molar-refractivity contribution < 1.29 is 23.8 Å². The van der Waals surface area contributed by atoms with E-state index in [9.17, 15) is 19.1 Å². The molecule has 7 heteroatoms. The topological polar surface area (TPSA) is 66.8 Å². The highest BCUT2D eigenvalue weighted by molar-refractivity contribution is 6.30. The molecule has 1 atom stereocenters. The number of aliphatic carboxylic acids is 1. The van der Waals surface area contributed by atoms with Crippen LogP contribution in [0.1, 0.15) is 32.3 Å². The number of rotatable bonds is 5. The molecule has 0 aliphatic carbocycles. The zero-order valence-corrected chi connectivity index (χ0v) is 15.4. The zero-order valence-electron chi connectivity index (χ0n) is 14.6. The van der Waals surface area contributed by atoms with Crippen LogP contribution in [0.5, 0.6) is 0 Å². The van der Waals surface area contributed by atoms with Crippen molar-refractivity contribution in [1.82, 2.24) is 4.90 Å². The molecule has 1 aliphatic rings. The number of carbonyl (C=O) groups is 2. The molecule has 1 saturated heterocycles. The van der Waals surface area contributed by atoms with E-state index in [0.717, 1.165) is 0 Å². The van der Waals surface area contributed by atoms with Gasteiger partial charge in [-0.15, -0.1) is 0 Å². The first-order valence-electron chi connectivity index (χ1n) is 8.11. The third-order valence-electron chi connectivity index (χ3n) is 4.88. The minimum atomic E-state index is -1.14. The fourth-order valence-electron chi connectivity index (χ4n) is 3.44. The molecule has 1 aromatic rings. The highest BCUT2D eigenvalue weighted by Gasteiger charge is 2.46. The maximum Gasteiger partial charge on any atom is 0.313 e. The van der Waals surface area contributed by atoms with E-state index >= 15 is 0 Å². The van der Waals surface area contributed by atoms with Crippen molar-refractivity contribution in [3.63, 3.8) is 0 Å². The lowest BCUT2D eigenvalue weighted by Crippen LogP contribution is -2.55. The second-order valence-corrected chi connectivity index (χ2v) is 7.53. The van der Waals surface area contributed by atoms with Crippen LogP contribution in [0, 0.1) is 11.2 Å². The van der Waals surface area contributed by atoms with E-state index in [0.29, 0.717) is 19.4 Å². The van der Waals surface area contributed by atoms with Crippen molar-refractivity contribution in [2.45, 2.75) is 32.1 Å². The lowest BCUT2D eigenvalue weighted by Gasteiger charge is -2.42. The Balaban J connectivity index is 2.30. The third kappa shape index (κ3) is 3.80. The number of hydrogen-bond donors (Lipinski definition) is 1. The van der Waals surface area contributed by atoms with Crippen LogP contribution in [-0.2, 0) is 19.7 Å². The average Bonchev–Trinajstić information content (AvgIpc) is 2.54. The maximum atomic E-state index is 14.3. The van der Waals surface area contributed by atoms with Crippen LogP contribution >= 0.6 is 11.6 Å². The smallest absolute Gasteiger partial charge is 0.313 e. The van der Waals surface area contributed by atoms with Gasteiger partial charge in [-0.1, -0.05) is 17.7 Å². The molecule has 1 aliphatic heterocycles. The first-order valence-corrected chi connectivity index (χ1v) is 8.49. The summed E-state index contributed by atoms with van der Waals surface area (Å²) in [6, 6.07) is 4.21. The molecular formula is C18H23ClFNO4. The summed E-state index contributed by atoms with van der Waals surface area (Å²) in [4.78, 5) is 26.3. The number of halogens is 2. The van der Waals surface area contributed by atoms with Crippen LogP contribution in [0.3, 0.4) is 0 Å². The zero-order chi connectivity index (χ0) is 18.8. The van der Waals surface area contributed by atoms with Gasteiger partial charge in [0.2, 0.25) is 5.91 Å².